The van der Waals surface area contributed by atoms with Crippen molar-refractivity contribution in [1.82, 2.24) is 4.90 Å². The highest BCUT2D eigenvalue weighted by molar-refractivity contribution is 5.73. The van der Waals surface area contributed by atoms with Crippen LogP contribution in [-0.2, 0) is 9.53 Å². The van der Waals surface area contributed by atoms with E-state index in [9.17, 15) is 4.79 Å². The molecule has 0 aromatic rings. The topological polar surface area (TPSA) is 49.8 Å². The summed E-state index contributed by atoms with van der Waals surface area (Å²) in [6, 6.07) is -0.329. The maximum absolute atomic E-state index is 11.1. The number of ether oxygens (including phenoxy) is 1. The predicted octanol–water partition coefficient (Wildman–Crippen LogP) is 1.49. The van der Waals surface area contributed by atoms with Crippen molar-refractivity contribution in [2.75, 3.05) is 19.7 Å². The Bertz CT molecular complexity index is 261. The van der Waals surface area contributed by atoms with E-state index in [0.29, 0.717) is 6.42 Å². The third-order valence-electron chi connectivity index (χ3n) is 3.89. The molecule has 2 heterocycles. The Balaban J connectivity index is 1.98. The van der Waals surface area contributed by atoms with E-state index in [1.165, 1.54) is 6.42 Å². The molecular weight excluding hydrogens is 206 g/mol. The van der Waals surface area contributed by atoms with Gasteiger partial charge < -0.3 is 9.84 Å². The van der Waals surface area contributed by atoms with Crippen molar-refractivity contribution in [2.45, 2.75) is 50.7 Å². The van der Waals surface area contributed by atoms with Crippen molar-refractivity contribution in [3.63, 3.8) is 0 Å². The van der Waals surface area contributed by atoms with Crippen LogP contribution in [-0.4, -0.2) is 47.3 Å². The van der Waals surface area contributed by atoms with Gasteiger partial charge in [-0.2, -0.15) is 0 Å². The molecule has 0 aromatic carbocycles. The molecule has 0 unspecified atom stereocenters. The maximum Gasteiger partial charge on any atom is 0.320 e. The predicted molar refractivity (Wildman–Crippen MR) is 60.4 cm³/mol. The van der Waals surface area contributed by atoms with Gasteiger partial charge in [0, 0.05) is 19.7 Å². The van der Waals surface area contributed by atoms with E-state index in [0.717, 1.165) is 39.0 Å². The molecule has 0 aromatic heterocycles. The average Bonchev–Trinajstić information content (AvgIpc) is 2.64. The van der Waals surface area contributed by atoms with Crippen LogP contribution >= 0.6 is 0 Å². The van der Waals surface area contributed by atoms with Crippen LogP contribution in [0.5, 0.6) is 0 Å². The smallest absolute Gasteiger partial charge is 0.320 e. The normalized spacial score (nSPS) is 33.1. The first-order chi connectivity index (χ1) is 7.67. The molecule has 2 rings (SSSR count). The highest BCUT2D eigenvalue weighted by Crippen LogP contribution is 2.35. The van der Waals surface area contributed by atoms with Gasteiger partial charge in [-0.1, -0.05) is 6.92 Å². The highest BCUT2D eigenvalue weighted by atomic mass is 16.5. The number of carbonyl (C=O) groups is 1. The van der Waals surface area contributed by atoms with Crippen LogP contribution < -0.4 is 0 Å². The second kappa shape index (κ2) is 4.72. The number of rotatable bonds is 3. The maximum atomic E-state index is 11.1. The van der Waals surface area contributed by atoms with Gasteiger partial charge in [0.05, 0.1) is 5.60 Å². The van der Waals surface area contributed by atoms with Crippen LogP contribution in [0, 0.1) is 0 Å². The van der Waals surface area contributed by atoms with Gasteiger partial charge in [0.25, 0.3) is 0 Å². The van der Waals surface area contributed by atoms with Gasteiger partial charge in [0.2, 0.25) is 0 Å². The number of hydrogen-bond donors (Lipinski definition) is 1. The van der Waals surface area contributed by atoms with Gasteiger partial charge >= 0.3 is 5.97 Å². The molecule has 0 saturated carbocycles. The first-order valence-corrected chi connectivity index (χ1v) is 6.28. The molecule has 1 spiro atoms. The molecule has 4 heteroatoms. The number of hydrogen-bond acceptors (Lipinski definition) is 3. The second-order valence-corrected chi connectivity index (χ2v) is 4.97. The molecule has 0 amide bonds. The largest absolute Gasteiger partial charge is 0.480 e. The number of likely N-dealkylation sites (tertiary alicyclic amines) is 1. The Kier molecular flexibility index (Phi) is 3.50. The number of aliphatic carboxylic acids is 1. The number of carboxylic acids is 1. The summed E-state index contributed by atoms with van der Waals surface area (Å²) in [6.45, 7) is 4.45. The summed E-state index contributed by atoms with van der Waals surface area (Å²) in [5, 5.41) is 9.14. The van der Waals surface area contributed by atoms with Crippen LogP contribution in [0.25, 0.3) is 0 Å². The molecule has 2 aliphatic heterocycles. The molecule has 1 N–H and O–H groups in total. The molecule has 0 radical (unpaired) electrons. The van der Waals surface area contributed by atoms with Crippen LogP contribution in [0.1, 0.15) is 39.0 Å². The summed E-state index contributed by atoms with van der Waals surface area (Å²) in [5.74, 6) is -0.699. The third kappa shape index (κ3) is 2.23. The Morgan fingerprint density at radius 2 is 2.31 bits per heavy atom. The Morgan fingerprint density at radius 1 is 1.50 bits per heavy atom. The van der Waals surface area contributed by atoms with Crippen LogP contribution in [0.4, 0.5) is 0 Å². The molecule has 2 aliphatic rings. The molecule has 2 fully saturated rings. The lowest BCUT2D eigenvalue weighted by atomic mass is 9.93. The van der Waals surface area contributed by atoms with E-state index < -0.39 is 5.97 Å². The molecule has 92 valence electrons. The molecule has 0 bridgehead atoms. The van der Waals surface area contributed by atoms with E-state index in [4.69, 9.17) is 9.84 Å². The van der Waals surface area contributed by atoms with E-state index in [1.807, 2.05) is 6.92 Å². The number of carboxylic acid groups (broad SMARTS) is 1. The van der Waals surface area contributed by atoms with Gasteiger partial charge in [-0.3, -0.25) is 9.69 Å². The van der Waals surface area contributed by atoms with Crippen molar-refractivity contribution >= 4 is 5.97 Å². The minimum atomic E-state index is -0.699. The molecule has 16 heavy (non-hydrogen) atoms. The summed E-state index contributed by atoms with van der Waals surface area (Å²) in [7, 11) is 0. The molecular formula is C12H21NO3. The van der Waals surface area contributed by atoms with Crippen molar-refractivity contribution in [1.29, 1.82) is 0 Å². The fraction of sp³-hybridized carbons (Fsp3) is 0.917. The SMILES string of the molecule is CC[C@@H](C(=O)O)N1CC[C@@]2(CCCCO2)C1. The zero-order valence-electron chi connectivity index (χ0n) is 9.95. The van der Waals surface area contributed by atoms with E-state index in [1.54, 1.807) is 0 Å². The second-order valence-electron chi connectivity index (χ2n) is 4.97. The van der Waals surface area contributed by atoms with E-state index >= 15 is 0 Å². The first kappa shape index (κ1) is 11.9. The molecule has 4 nitrogen and oxygen atoms in total. The quantitative estimate of drug-likeness (QED) is 0.793. The zero-order chi connectivity index (χ0) is 11.6. The van der Waals surface area contributed by atoms with Gasteiger partial charge in [-0.25, -0.2) is 0 Å². The third-order valence-corrected chi connectivity index (χ3v) is 3.89. The Hall–Kier alpha value is -0.610. The highest BCUT2D eigenvalue weighted by Gasteiger charge is 2.43. The van der Waals surface area contributed by atoms with Crippen LogP contribution in [0.3, 0.4) is 0 Å². The summed E-state index contributed by atoms with van der Waals surface area (Å²) < 4.78 is 5.90. The van der Waals surface area contributed by atoms with E-state index in [-0.39, 0.29) is 11.6 Å². The minimum absolute atomic E-state index is 0.0267. The summed E-state index contributed by atoms with van der Waals surface area (Å²) in [4.78, 5) is 13.2. The van der Waals surface area contributed by atoms with Crippen molar-refractivity contribution in [3.8, 4) is 0 Å². The summed E-state index contributed by atoms with van der Waals surface area (Å²) in [5.41, 5.74) is -0.0267. The van der Waals surface area contributed by atoms with Gasteiger partial charge in [-0.05, 0) is 32.1 Å². The fourth-order valence-electron chi connectivity index (χ4n) is 2.96. The zero-order valence-corrected chi connectivity index (χ0v) is 9.95. The lowest BCUT2D eigenvalue weighted by Gasteiger charge is -2.34. The summed E-state index contributed by atoms with van der Waals surface area (Å²) >= 11 is 0. The van der Waals surface area contributed by atoms with Crippen LogP contribution in [0.15, 0.2) is 0 Å². The Labute approximate surface area is 96.6 Å². The van der Waals surface area contributed by atoms with Gasteiger partial charge in [-0.15, -0.1) is 0 Å². The standard InChI is InChI=1S/C12H21NO3/c1-2-10(11(14)15)13-7-6-12(9-13)5-3-4-8-16-12/h10H,2-9H2,1H3,(H,14,15)/t10-,12-/m0/s1. The fourth-order valence-corrected chi connectivity index (χ4v) is 2.96. The summed E-state index contributed by atoms with van der Waals surface area (Å²) in [6.07, 6.45) is 5.14. The minimum Gasteiger partial charge on any atom is -0.480 e. The lowest BCUT2D eigenvalue weighted by Crippen LogP contribution is -2.44. The molecule has 2 atom stereocenters. The first-order valence-electron chi connectivity index (χ1n) is 6.28. The van der Waals surface area contributed by atoms with Crippen LogP contribution in [0.2, 0.25) is 0 Å². The Morgan fingerprint density at radius 3 is 2.88 bits per heavy atom. The lowest BCUT2D eigenvalue weighted by molar-refractivity contribution is -0.143. The van der Waals surface area contributed by atoms with Crippen molar-refractivity contribution in [2.24, 2.45) is 0 Å². The number of nitrogens with zero attached hydrogens (tertiary/aromatic N) is 1. The van der Waals surface area contributed by atoms with E-state index in [2.05, 4.69) is 4.90 Å². The van der Waals surface area contributed by atoms with Crippen molar-refractivity contribution < 1.29 is 14.6 Å². The van der Waals surface area contributed by atoms with Gasteiger partial charge in [0.1, 0.15) is 6.04 Å². The van der Waals surface area contributed by atoms with Crippen molar-refractivity contribution in [3.05, 3.63) is 0 Å². The molecule has 0 aliphatic carbocycles. The average molecular weight is 227 g/mol. The molecule has 2 saturated heterocycles. The monoisotopic (exact) mass is 227 g/mol. The van der Waals surface area contributed by atoms with Gasteiger partial charge in [0.15, 0.2) is 0 Å².